The Balaban J connectivity index is 1.30. The molecule has 0 aliphatic carbocycles. The van der Waals surface area contributed by atoms with Gasteiger partial charge >= 0.3 is 6.18 Å². The quantitative estimate of drug-likeness (QED) is 0.217. The largest absolute Gasteiger partial charge is 0.464 e. The zero-order chi connectivity index (χ0) is 32.4. The predicted octanol–water partition coefficient (Wildman–Crippen LogP) is 6.04. The van der Waals surface area contributed by atoms with Crippen LogP contribution in [0.1, 0.15) is 39.9 Å². The molecule has 3 heterocycles. The normalized spacial score (nSPS) is 15.7. The van der Waals surface area contributed by atoms with E-state index in [4.69, 9.17) is 30.2 Å². The van der Waals surface area contributed by atoms with Crippen molar-refractivity contribution in [2.45, 2.75) is 38.2 Å². The number of benzene rings is 3. The Kier molecular flexibility index (Phi) is 8.92. The molecule has 0 unspecified atom stereocenters. The van der Waals surface area contributed by atoms with Crippen LogP contribution in [-0.4, -0.2) is 54.2 Å². The van der Waals surface area contributed by atoms with Crippen LogP contribution in [0.15, 0.2) is 76.1 Å². The van der Waals surface area contributed by atoms with E-state index in [-0.39, 0.29) is 54.5 Å². The number of carbonyl (C=O) groups excluding carboxylic acids is 2. The Labute approximate surface area is 266 Å². The third-order valence-electron chi connectivity index (χ3n) is 7.85. The molecule has 9 nitrogen and oxygen atoms in total. The Bertz CT molecular complexity index is 1820. The number of alkyl halides is 3. The van der Waals surface area contributed by atoms with Gasteiger partial charge < -0.3 is 28.4 Å². The fraction of sp³-hybridized carbons (Fsp3) is 0.303. The third kappa shape index (κ3) is 6.97. The second-order valence-electron chi connectivity index (χ2n) is 11.1. The van der Waals surface area contributed by atoms with Crippen LogP contribution in [-0.2, 0) is 28.8 Å². The predicted molar refractivity (Wildman–Crippen MR) is 161 cm³/mol. The minimum Gasteiger partial charge on any atom is -0.464 e. The summed E-state index contributed by atoms with van der Waals surface area (Å²) in [5, 5.41) is 0.592. The third-order valence-corrected chi connectivity index (χ3v) is 8.09. The first-order valence-corrected chi connectivity index (χ1v) is 14.9. The lowest BCUT2D eigenvalue weighted by atomic mass is 10.1. The number of hydrogen-bond acceptors (Lipinski definition) is 7. The molecule has 2 aliphatic heterocycles. The van der Waals surface area contributed by atoms with E-state index in [9.17, 15) is 27.6 Å². The summed E-state index contributed by atoms with van der Waals surface area (Å²) in [5.41, 5.74) is -0.0838. The average Bonchev–Trinajstić information content (AvgIpc) is 3.73. The van der Waals surface area contributed by atoms with Crippen LogP contribution >= 0.6 is 11.6 Å². The van der Waals surface area contributed by atoms with Gasteiger partial charge in [0.25, 0.3) is 5.91 Å². The average molecular weight is 657 g/mol. The molecule has 0 radical (unpaired) electrons. The molecule has 2 aliphatic rings. The Morgan fingerprint density at radius 2 is 1.72 bits per heavy atom. The number of ether oxygens (including phenoxy) is 3. The van der Waals surface area contributed by atoms with Crippen molar-refractivity contribution in [3.05, 3.63) is 104 Å². The maximum absolute atomic E-state index is 14.1. The number of rotatable bonds is 9. The molecule has 3 aromatic carbocycles. The van der Waals surface area contributed by atoms with Crippen LogP contribution in [0.4, 0.5) is 13.2 Å². The fourth-order valence-electron chi connectivity index (χ4n) is 5.45. The maximum Gasteiger partial charge on any atom is 0.416 e. The minimum absolute atomic E-state index is 0.00632. The van der Waals surface area contributed by atoms with E-state index in [0.29, 0.717) is 40.7 Å². The van der Waals surface area contributed by atoms with Gasteiger partial charge in [-0.15, -0.1) is 0 Å². The van der Waals surface area contributed by atoms with Gasteiger partial charge in [0.15, 0.2) is 16.9 Å². The second kappa shape index (κ2) is 13.1. The van der Waals surface area contributed by atoms with Crippen molar-refractivity contribution >= 4 is 34.4 Å². The molecule has 0 N–H and O–H groups in total. The summed E-state index contributed by atoms with van der Waals surface area (Å²) >= 11 is 6.12. The topological polar surface area (TPSA) is 98.5 Å². The molecule has 1 atom stereocenters. The van der Waals surface area contributed by atoms with Crippen molar-refractivity contribution in [1.82, 2.24) is 9.80 Å². The van der Waals surface area contributed by atoms with Gasteiger partial charge in [-0.1, -0.05) is 17.7 Å². The molecule has 13 heteroatoms. The van der Waals surface area contributed by atoms with E-state index in [1.54, 1.807) is 30.3 Å². The first-order valence-electron chi connectivity index (χ1n) is 14.5. The maximum atomic E-state index is 14.1. The van der Waals surface area contributed by atoms with Crippen molar-refractivity contribution < 1.29 is 41.4 Å². The molecule has 4 aromatic rings. The van der Waals surface area contributed by atoms with E-state index >= 15 is 0 Å². The molecule has 2 amide bonds. The molecule has 0 saturated carbocycles. The summed E-state index contributed by atoms with van der Waals surface area (Å²) < 4.78 is 61.8. The lowest BCUT2D eigenvalue weighted by Crippen LogP contribution is -2.45. The fourth-order valence-corrected chi connectivity index (χ4v) is 5.62. The number of carbonyl (C=O) groups is 2. The number of hydrogen-bond donors (Lipinski definition) is 0. The molecule has 1 aromatic heterocycles. The molecule has 46 heavy (non-hydrogen) atoms. The molecule has 1 saturated heterocycles. The van der Waals surface area contributed by atoms with Crippen LogP contribution < -0.4 is 14.9 Å². The Morgan fingerprint density at radius 1 is 0.935 bits per heavy atom. The number of amides is 2. The lowest BCUT2D eigenvalue weighted by Gasteiger charge is -2.29. The highest BCUT2D eigenvalue weighted by Crippen LogP contribution is 2.33. The van der Waals surface area contributed by atoms with Gasteiger partial charge in [-0.25, -0.2) is 0 Å². The second-order valence-corrected chi connectivity index (χ2v) is 11.5. The first kappa shape index (κ1) is 31.4. The van der Waals surface area contributed by atoms with Crippen molar-refractivity contribution in [2.24, 2.45) is 0 Å². The van der Waals surface area contributed by atoms with E-state index in [0.717, 1.165) is 30.7 Å². The Morgan fingerprint density at radius 3 is 2.46 bits per heavy atom. The minimum atomic E-state index is -4.56. The smallest absolute Gasteiger partial charge is 0.416 e. The van der Waals surface area contributed by atoms with E-state index in [1.807, 2.05) is 0 Å². The van der Waals surface area contributed by atoms with Gasteiger partial charge in [0, 0.05) is 30.3 Å². The van der Waals surface area contributed by atoms with Gasteiger partial charge in [-0.05, 0) is 73.0 Å². The van der Waals surface area contributed by atoms with Gasteiger partial charge in [0.05, 0.1) is 35.4 Å². The van der Waals surface area contributed by atoms with Gasteiger partial charge in [0.1, 0.15) is 12.1 Å². The number of halogens is 4. The van der Waals surface area contributed by atoms with E-state index < -0.39 is 30.1 Å². The molecule has 240 valence electrons. The summed E-state index contributed by atoms with van der Waals surface area (Å²) in [4.78, 5) is 43.8. The van der Waals surface area contributed by atoms with Gasteiger partial charge in [0.2, 0.25) is 12.7 Å². The van der Waals surface area contributed by atoms with E-state index in [2.05, 4.69) is 0 Å². The monoisotopic (exact) mass is 656 g/mol. The highest BCUT2D eigenvalue weighted by atomic mass is 35.5. The SMILES string of the molecule is O=C(CN(C[C@@H]1CCCO1)C(=O)c1ccc(C(F)(F)F)cc1)N(Cc1ccc2c(c1)OCO2)Cc1coc2ccc(Cl)cc2c1=O. The standard InChI is InChI=1S/C33H28ClF3N2O7/c34-24-8-10-27-26(13-24)31(41)22(18-44-27)15-38(14-20-3-9-28-29(12-20)46-19-45-28)30(40)17-39(16-25-2-1-11-43-25)32(42)21-4-6-23(7-5-21)33(35,36)37/h3-10,12-13,18,25H,1-2,11,14-17,19H2/t25-/m0/s1. The molecule has 6 rings (SSSR count). The number of nitrogens with zero attached hydrogens (tertiary/aromatic N) is 2. The van der Waals surface area contributed by atoms with Crippen LogP contribution in [0.2, 0.25) is 5.02 Å². The molecular weight excluding hydrogens is 629 g/mol. The van der Waals surface area contributed by atoms with Crippen LogP contribution in [0, 0.1) is 0 Å². The highest BCUT2D eigenvalue weighted by Gasteiger charge is 2.32. The summed E-state index contributed by atoms with van der Waals surface area (Å²) in [6.07, 6.45) is -2.18. The van der Waals surface area contributed by atoms with Crippen molar-refractivity contribution in [3.63, 3.8) is 0 Å². The highest BCUT2D eigenvalue weighted by molar-refractivity contribution is 6.31. The van der Waals surface area contributed by atoms with Gasteiger partial charge in [-0.2, -0.15) is 13.2 Å². The molecule has 0 bridgehead atoms. The number of fused-ring (bicyclic) bond motifs is 2. The van der Waals surface area contributed by atoms with Gasteiger partial charge in [-0.3, -0.25) is 14.4 Å². The molecule has 0 spiro atoms. The van der Waals surface area contributed by atoms with Crippen molar-refractivity contribution in [2.75, 3.05) is 26.5 Å². The van der Waals surface area contributed by atoms with Crippen LogP contribution in [0.5, 0.6) is 11.5 Å². The Hall–Kier alpha value is -4.55. The lowest BCUT2D eigenvalue weighted by molar-refractivity contribution is -0.137. The van der Waals surface area contributed by atoms with Crippen molar-refractivity contribution in [3.8, 4) is 11.5 Å². The van der Waals surface area contributed by atoms with Crippen LogP contribution in [0.3, 0.4) is 0 Å². The van der Waals surface area contributed by atoms with Crippen LogP contribution in [0.25, 0.3) is 11.0 Å². The summed E-state index contributed by atoms with van der Waals surface area (Å²) in [7, 11) is 0. The zero-order valence-corrected chi connectivity index (χ0v) is 25.1. The summed E-state index contributed by atoms with van der Waals surface area (Å²) in [5.74, 6) is -0.0808. The molecule has 1 fully saturated rings. The summed E-state index contributed by atoms with van der Waals surface area (Å²) in [6, 6.07) is 13.7. The van der Waals surface area contributed by atoms with Crippen molar-refractivity contribution in [1.29, 1.82) is 0 Å². The summed E-state index contributed by atoms with van der Waals surface area (Å²) in [6.45, 7) is 0.0609. The first-order chi connectivity index (χ1) is 22.0. The molecular formula is C33H28ClF3N2O7. The van der Waals surface area contributed by atoms with E-state index in [1.165, 1.54) is 22.1 Å². The zero-order valence-electron chi connectivity index (χ0n) is 24.3.